The van der Waals surface area contributed by atoms with Gasteiger partial charge in [0.05, 0.1) is 18.9 Å². The lowest BCUT2D eigenvalue weighted by molar-refractivity contribution is 0.365. The van der Waals surface area contributed by atoms with Crippen LogP contribution in [0.4, 0.5) is 17.5 Å². The van der Waals surface area contributed by atoms with E-state index in [0.717, 1.165) is 0 Å². The zero-order chi connectivity index (χ0) is 10.1. The highest BCUT2D eigenvalue weighted by atomic mass is 16.6. The molecule has 0 spiro atoms. The van der Waals surface area contributed by atoms with Crippen molar-refractivity contribution in [3.8, 4) is 0 Å². The normalized spacial score (nSPS) is 16.1. The molecule has 8 heteroatoms. The fourth-order valence-corrected chi connectivity index (χ4v) is 1.22. The summed E-state index contributed by atoms with van der Waals surface area (Å²) in [7, 11) is -0.581. The molecule has 14 heavy (non-hydrogen) atoms. The van der Waals surface area contributed by atoms with E-state index in [-0.39, 0.29) is 17.5 Å². The lowest BCUT2D eigenvalue weighted by atomic mass is 9.83. The minimum atomic E-state index is -0.581. The van der Waals surface area contributed by atoms with Gasteiger partial charge >= 0.3 is 7.12 Å². The number of nitrogens with two attached hydrogens (primary N) is 3. The molecule has 0 saturated carbocycles. The topological polar surface area (TPSA) is 122 Å². The molecule has 0 aromatic carbocycles. The summed E-state index contributed by atoms with van der Waals surface area (Å²) in [6, 6.07) is 0. The molecule has 7 nitrogen and oxygen atoms in total. The third kappa shape index (κ3) is 1.45. The number of hydrogen-bond acceptors (Lipinski definition) is 7. The number of anilines is 3. The van der Waals surface area contributed by atoms with Crippen LogP contribution in [0.2, 0.25) is 0 Å². The van der Waals surface area contributed by atoms with Crippen molar-refractivity contribution in [1.82, 2.24) is 9.97 Å². The second kappa shape index (κ2) is 3.31. The molecular formula is C6H10BN5O2. The second-order valence-electron chi connectivity index (χ2n) is 2.84. The second-order valence-corrected chi connectivity index (χ2v) is 2.84. The van der Waals surface area contributed by atoms with E-state index in [9.17, 15) is 0 Å². The molecule has 1 saturated heterocycles. The van der Waals surface area contributed by atoms with E-state index < -0.39 is 7.12 Å². The van der Waals surface area contributed by atoms with E-state index >= 15 is 0 Å². The number of rotatable bonds is 1. The highest BCUT2D eigenvalue weighted by Crippen LogP contribution is 2.11. The number of aromatic nitrogens is 2. The van der Waals surface area contributed by atoms with Gasteiger partial charge in [0.2, 0.25) is 5.95 Å². The van der Waals surface area contributed by atoms with Crippen LogP contribution in [0.3, 0.4) is 0 Å². The largest absolute Gasteiger partial charge is 0.516 e. The molecule has 1 aliphatic heterocycles. The van der Waals surface area contributed by atoms with Crippen molar-refractivity contribution in [3.63, 3.8) is 0 Å². The minimum Gasteiger partial charge on any atom is -0.404 e. The van der Waals surface area contributed by atoms with Gasteiger partial charge in [-0.15, -0.1) is 0 Å². The number of nitrogens with zero attached hydrogens (tertiary/aromatic N) is 2. The molecule has 0 amide bonds. The Bertz CT molecular complexity index is 354. The van der Waals surface area contributed by atoms with E-state index in [1.165, 1.54) is 0 Å². The lowest BCUT2D eigenvalue weighted by Gasteiger charge is -2.08. The predicted octanol–water partition coefficient (Wildman–Crippen LogP) is -2.03. The first-order valence-electron chi connectivity index (χ1n) is 4.10. The monoisotopic (exact) mass is 195 g/mol. The van der Waals surface area contributed by atoms with Crippen molar-refractivity contribution in [3.05, 3.63) is 0 Å². The maximum absolute atomic E-state index is 5.67. The highest BCUT2D eigenvalue weighted by molar-refractivity contribution is 6.62. The Morgan fingerprint density at radius 2 is 1.71 bits per heavy atom. The van der Waals surface area contributed by atoms with Crippen LogP contribution in [0.15, 0.2) is 0 Å². The molecule has 0 unspecified atom stereocenters. The van der Waals surface area contributed by atoms with Crippen molar-refractivity contribution < 1.29 is 9.31 Å². The lowest BCUT2D eigenvalue weighted by Crippen LogP contribution is -2.38. The van der Waals surface area contributed by atoms with Gasteiger partial charge in [-0.05, 0) is 0 Å². The maximum Gasteiger partial charge on any atom is 0.516 e. The van der Waals surface area contributed by atoms with Crippen LogP contribution >= 0.6 is 0 Å². The summed E-state index contributed by atoms with van der Waals surface area (Å²) in [5.74, 6) is 0.206. The third-order valence-corrected chi connectivity index (χ3v) is 1.87. The molecule has 0 bridgehead atoms. The zero-order valence-corrected chi connectivity index (χ0v) is 7.43. The smallest absolute Gasteiger partial charge is 0.404 e. The number of nitrogen functional groups attached to an aromatic ring is 3. The van der Waals surface area contributed by atoms with E-state index in [0.29, 0.717) is 18.8 Å². The average Bonchev–Trinajstić information content (AvgIpc) is 2.63. The first-order chi connectivity index (χ1) is 6.68. The molecule has 1 fully saturated rings. The Morgan fingerprint density at radius 1 is 1.07 bits per heavy atom. The minimum absolute atomic E-state index is 0.0609. The van der Waals surface area contributed by atoms with Crippen LogP contribution in [-0.2, 0) is 9.31 Å². The highest BCUT2D eigenvalue weighted by Gasteiger charge is 2.31. The standard InChI is InChI=1S/C6H10BN5O2/c8-3-4(7-13-1-2-14-7)11-6(10)12-5(3)9/h1-2,8H2,(H4,9,10,11,12). The fraction of sp³-hybridized carbons (Fsp3) is 0.333. The Morgan fingerprint density at radius 3 is 2.36 bits per heavy atom. The predicted molar refractivity (Wildman–Crippen MR) is 52.6 cm³/mol. The Kier molecular flexibility index (Phi) is 2.14. The van der Waals surface area contributed by atoms with Gasteiger partial charge in [0.1, 0.15) is 5.59 Å². The van der Waals surface area contributed by atoms with Gasteiger partial charge in [0.25, 0.3) is 0 Å². The summed E-state index contributed by atoms with van der Waals surface area (Å²) in [4.78, 5) is 7.64. The van der Waals surface area contributed by atoms with Gasteiger partial charge < -0.3 is 26.5 Å². The Balaban J connectivity index is 2.40. The summed E-state index contributed by atoms with van der Waals surface area (Å²) < 4.78 is 10.5. The maximum atomic E-state index is 5.67. The molecule has 0 aliphatic carbocycles. The van der Waals surface area contributed by atoms with Gasteiger partial charge in [-0.2, -0.15) is 4.98 Å². The average molecular weight is 195 g/mol. The number of hydrogen-bond donors (Lipinski definition) is 3. The summed E-state index contributed by atoms with van der Waals surface area (Å²) >= 11 is 0. The molecule has 74 valence electrons. The van der Waals surface area contributed by atoms with Crippen LogP contribution < -0.4 is 22.8 Å². The summed E-state index contributed by atoms with van der Waals surface area (Å²) in [5, 5.41) is 0. The van der Waals surface area contributed by atoms with Gasteiger partial charge in [-0.3, -0.25) is 0 Å². The first-order valence-corrected chi connectivity index (χ1v) is 4.10. The van der Waals surface area contributed by atoms with Crippen molar-refractivity contribution in [2.75, 3.05) is 30.4 Å². The van der Waals surface area contributed by atoms with Crippen LogP contribution in [0.5, 0.6) is 0 Å². The van der Waals surface area contributed by atoms with Crippen LogP contribution in [0.1, 0.15) is 0 Å². The van der Waals surface area contributed by atoms with Crippen LogP contribution in [0.25, 0.3) is 0 Å². The van der Waals surface area contributed by atoms with Gasteiger partial charge in [0.15, 0.2) is 5.82 Å². The van der Waals surface area contributed by atoms with Crippen molar-refractivity contribution in [2.24, 2.45) is 0 Å². The van der Waals surface area contributed by atoms with E-state index in [2.05, 4.69) is 9.97 Å². The SMILES string of the molecule is Nc1nc(N)c(N)c(B2OCCO2)n1. The van der Waals surface area contributed by atoms with Crippen LogP contribution in [-0.4, -0.2) is 30.3 Å². The van der Waals surface area contributed by atoms with Gasteiger partial charge in [-0.25, -0.2) is 4.98 Å². The molecule has 6 N–H and O–H groups in total. The van der Waals surface area contributed by atoms with E-state index in [1.807, 2.05) is 0 Å². The molecule has 0 atom stereocenters. The fourth-order valence-electron chi connectivity index (χ4n) is 1.22. The Hall–Kier alpha value is -1.54. The Labute approximate surface area is 80.7 Å². The van der Waals surface area contributed by atoms with Gasteiger partial charge in [0, 0.05) is 0 Å². The first kappa shape index (κ1) is 9.04. The van der Waals surface area contributed by atoms with Crippen molar-refractivity contribution in [1.29, 1.82) is 0 Å². The third-order valence-electron chi connectivity index (χ3n) is 1.87. The van der Waals surface area contributed by atoms with E-state index in [4.69, 9.17) is 26.5 Å². The molecule has 2 rings (SSSR count). The molecule has 0 radical (unpaired) electrons. The molecule has 2 heterocycles. The molecule has 1 aliphatic rings. The molecular weight excluding hydrogens is 185 g/mol. The van der Waals surface area contributed by atoms with E-state index in [1.54, 1.807) is 0 Å². The summed E-state index contributed by atoms with van der Waals surface area (Å²) in [5.41, 5.74) is 17.3. The van der Waals surface area contributed by atoms with Crippen molar-refractivity contribution in [2.45, 2.75) is 0 Å². The quantitative estimate of drug-likeness (QED) is 0.441. The molecule has 1 aromatic rings. The summed E-state index contributed by atoms with van der Waals surface area (Å²) in [6.45, 7) is 1.02. The summed E-state index contributed by atoms with van der Waals surface area (Å²) in [6.07, 6.45) is 0. The zero-order valence-electron chi connectivity index (χ0n) is 7.43. The molecule has 1 aromatic heterocycles. The van der Waals surface area contributed by atoms with Crippen molar-refractivity contribution >= 4 is 30.2 Å². The van der Waals surface area contributed by atoms with Crippen LogP contribution in [0, 0.1) is 0 Å². The van der Waals surface area contributed by atoms with Gasteiger partial charge in [-0.1, -0.05) is 0 Å².